The zero-order chi connectivity index (χ0) is 33.3. The van der Waals surface area contributed by atoms with Crippen LogP contribution in [-0.2, 0) is 28.7 Å². The summed E-state index contributed by atoms with van der Waals surface area (Å²) in [5.74, 6) is -0.189. The summed E-state index contributed by atoms with van der Waals surface area (Å²) in [5.41, 5.74) is 0.528. The molecule has 248 valence electrons. The molecule has 10 nitrogen and oxygen atoms in total. The first-order valence-electron chi connectivity index (χ1n) is 16.2. The van der Waals surface area contributed by atoms with Crippen LogP contribution >= 0.6 is 0 Å². The maximum absolute atomic E-state index is 12.4. The Labute approximate surface area is 272 Å². The van der Waals surface area contributed by atoms with Crippen LogP contribution in [0, 0.1) is 10.8 Å². The molecular weight excluding hydrogens is 584 g/mol. The number of carbonyl (C=O) groups is 4. The van der Waals surface area contributed by atoms with Crippen LogP contribution in [0.3, 0.4) is 0 Å². The Hall–Kier alpha value is -3.76. The van der Waals surface area contributed by atoms with Gasteiger partial charge in [-0.1, -0.05) is 36.4 Å². The highest BCUT2D eigenvalue weighted by Crippen LogP contribution is 2.42. The second kappa shape index (κ2) is 12.8. The topological polar surface area (TPSA) is 117 Å². The number of nitrogens with zero attached hydrogens (tertiary/aromatic N) is 2. The van der Waals surface area contributed by atoms with Crippen molar-refractivity contribution in [2.24, 2.45) is 10.8 Å². The second-order valence-electron chi connectivity index (χ2n) is 15.3. The molecule has 4 aliphatic rings. The monoisotopic (exact) mass is 632 g/mol. The Morgan fingerprint density at radius 1 is 0.652 bits per heavy atom. The van der Waals surface area contributed by atoms with Crippen LogP contribution in [0.2, 0.25) is 0 Å². The smallest absolute Gasteiger partial charge is 0.323 e. The molecule has 6 rings (SSSR count). The number of carbonyl (C=O) groups excluding carboxylic acids is 4. The molecule has 0 unspecified atom stereocenters. The lowest BCUT2D eigenvalue weighted by Gasteiger charge is -2.24. The van der Waals surface area contributed by atoms with E-state index in [1.165, 1.54) is 0 Å². The molecule has 2 N–H and O–H groups in total. The lowest BCUT2D eigenvalue weighted by atomic mass is 9.84. The van der Waals surface area contributed by atoms with E-state index >= 15 is 0 Å². The summed E-state index contributed by atoms with van der Waals surface area (Å²) >= 11 is 0. The molecule has 46 heavy (non-hydrogen) atoms. The van der Waals surface area contributed by atoms with Gasteiger partial charge in [0.2, 0.25) is 11.8 Å². The molecule has 0 aromatic heterocycles. The summed E-state index contributed by atoms with van der Waals surface area (Å²) in [6.45, 7) is 13.9. The third-order valence-corrected chi connectivity index (χ3v) is 8.88. The fourth-order valence-electron chi connectivity index (χ4n) is 6.90. The third kappa shape index (κ3) is 7.96. The highest BCUT2D eigenvalue weighted by atomic mass is 16.6. The van der Waals surface area contributed by atoms with Gasteiger partial charge < -0.3 is 29.9 Å². The Morgan fingerprint density at radius 3 is 1.33 bits per heavy atom. The maximum Gasteiger partial charge on any atom is 0.323 e. The number of anilines is 2. The molecule has 0 saturated carbocycles. The fourth-order valence-corrected chi connectivity index (χ4v) is 6.90. The molecule has 2 aromatic rings. The van der Waals surface area contributed by atoms with E-state index in [0.717, 1.165) is 11.4 Å². The standard InChI is InChI=1S/2C18H24N2O3/c2*1-17(2,3)23-16(22)14-9-18(11-19-14)10-15(21)20(12-18)13-7-5-4-6-8-13/h2*4-8,14,19H,9-12H2,1-3H3/t14-,18+;14-,18-/m00/s1. The van der Waals surface area contributed by atoms with Gasteiger partial charge in [-0.3, -0.25) is 19.2 Å². The first-order valence-corrected chi connectivity index (χ1v) is 16.2. The summed E-state index contributed by atoms with van der Waals surface area (Å²) in [5, 5.41) is 6.50. The molecule has 2 amide bonds. The van der Waals surface area contributed by atoms with Crippen molar-refractivity contribution in [2.75, 3.05) is 36.0 Å². The van der Waals surface area contributed by atoms with E-state index in [4.69, 9.17) is 9.47 Å². The largest absolute Gasteiger partial charge is 0.459 e. The van der Waals surface area contributed by atoms with E-state index in [9.17, 15) is 19.2 Å². The van der Waals surface area contributed by atoms with Crippen LogP contribution in [0.15, 0.2) is 60.7 Å². The Morgan fingerprint density at radius 2 is 1.00 bits per heavy atom. The van der Waals surface area contributed by atoms with Gasteiger partial charge in [0, 0.05) is 61.2 Å². The van der Waals surface area contributed by atoms with E-state index in [2.05, 4.69) is 10.6 Å². The molecular formula is C36H48N4O6. The van der Waals surface area contributed by atoms with Crippen molar-refractivity contribution < 1.29 is 28.7 Å². The predicted octanol–water partition coefficient (Wildman–Crippen LogP) is 4.23. The Balaban J connectivity index is 0.000000181. The molecule has 0 radical (unpaired) electrons. The normalized spacial score (nSPS) is 27.7. The van der Waals surface area contributed by atoms with Gasteiger partial charge in [-0.15, -0.1) is 0 Å². The molecule has 4 fully saturated rings. The summed E-state index contributed by atoms with van der Waals surface area (Å²) in [7, 11) is 0. The summed E-state index contributed by atoms with van der Waals surface area (Å²) in [6.07, 6.45) is 2.26. The number of nitrogens with one attached hydrogen (secondary N) is 2. The van der Waals surface area contributed by atoms with Crippen molar-refractivity contribution in [3.05, 3.63) is 60.7 Å². The van der Waals surface area contributed by atoms with Gasteiger partial charge in [-0.2, -0.15) is 0 Å². The van der Waals surface area contributed by atoms with Crippen molar-refractivity contribution in [1.82, 2.24) is 10.6 Å². The number of esters is 2. The fraction of sp³-hybridized carbons (Fsp3) is 0.556. The van der Waals surface area contributed by atoms with Crippen molar-refractivity contribution >= 4 is 35.1 Å². The van der Waals surface area contributed by atoms with E-state index in [-0.39, 0.29) is 46.7 Å². The number of para-hydroxylation sites is 2. The zero-order valence-electron chi connectivity index (χ0n) is 27.9. The SMILES string of the molecule is CC(C)(C)OC(=O)[C@@H]1C[C@@]2(CN1)CC(=O)N(c1ccccc1)C2.CC(C)(C)OC(=O)[C@@H]1C[C@]2(CN1)CC(=O)N(c1ccccc1)C2. The lowest BCUT2D eigenvalue weighted by molar-refractivity contribution is -0.158. The van der Waals surface area contributed by atoms with Gasteiger partial charge in [0.25, 0.3) is 0 Å². The van der Waals surface area contributed by atoms with Crippen LogP contribution in [-0.4, -0.2) is 73.2 Å². The van der Waals surface area contributed by atoms with Crippen LogP contribution in [0.4, 0.5) is 11.4 Å². The number of hydrogen-bond acceptors (Lipinski definition) is 8. The minimum atomic E-state index is -0.490. The summed E-state index contributed by atoms with van der Waals surface area (Å²) in [4.78, 5) is 53.0. The first kappa shape index (κ1) is 33.6. The van der Waals surface area contributed by atoms with Crippen molar-refractivity contribution in [1.29, 1.82) is 0 Å². The number of rotatable bonds is 4. The first-order chi connectivity index (χ1) is 21.6. The van der Waals surface area contributed by atoms with Crippen molar-refractivity contribution in [2.45, 2.75) is 90.5 Å². The number of ether oxygens (including phenoxy) is 2. The van der Waals surface area contributed by atoms with Crippen molar-refractivity contribution in [3.8, 4) is 0 Å². The highest BCUT2D eigenvalue weighted by Gasteiger charge is 2.51. The molecule has 4 heterocycles. The predicted molar refractivity (Wildman–Crippen MR) is 176 cm³/mol. The Kier molecular flexibility index (Phi) is 9.35. The van der Waals surface area contributed by atoms with E-state index in [0.29, 0.717) is 51.9 Å². The molecule has 4 saturated heterocycles. The maximum atomic E-state index is 12.4. The number of amides is 2. The van der Waals surface area contributed by atoms with Gasteiger partial charge >= 0.3 is 11.9 Å². The van der Waals surface area contributed by atoms with E-state index < -0.39 is 11.2 Å². The highest BCUT2D eigenvalue weighted by molar-refractivity contribution is 5.97. The quantitative estimate of drug-likeness (QED) is 0.482. The molecule has 2 spiro atoms. The van der Waals surface area contributed by atoms with Gasteiger partial charge in [0.1, 0.15) is 23.3 Å². The zero-order valence-corrected chi connectivity index (χ0v) is 27.9. The summed E-state index contributed by atoms with van der Waals surface area (Å²) in [6, 6.07) is 18.8. The Bertz CT molecular complexity index is 1330. The minimum Gasteiger partial charge on any atom is -0.459 e. The molecule has 0 bridgehead atoms. The minimum absolute atomic E-state index is 0.128. The molecule has 10 heteroatoms. The summed E-state index contributed by atoms with van der Waals surface area (Å²) < 4.78 is 10.9. The van der Waals surface area contributed by atoms with Crippen LogP contribution in [0.25, 0.3) is 0 Å². The molecule has 0 aliphatic carbocycles. The van der Waals surface area contributed by atoms with Gasteiger partial charge in [-0.25, -0.2) is 0 Å². The third-order valence-electron chi connectivity index (χ3n) is 8.88. The average Bonchev–Trinajstić information content (AvgIpc) is 3.74. The molecule has 4 aliphatic heterocycles. The second-order valence-corrected chi connectivity index (χ2v) is 15.3. The number of benzene rings is 2. The average molecular weight is 633 g/mol. The van der Waals surface area contributed by atoms with Crippen molar-refractivity contribution in [3.63, 3.8) is 0 Å². The molecule has 4 atom stereocenters. The van der Waals surface area contributed by atoms with Crippen LogP contribution in [0.5, 0.6) is 0 Å². The van der Waals surface area contributed by atoms with Crippen LogP contribution in [0.1, 0.15) is 67.2 Å². The van der Waals surface area contributed by atoms with E-state index in [1.54, 1.807) is 0 Å². The van der Waals surface area contributed by atoms with Crippen LogP contribution < -0.4 is 20.4 Å². The number of hydrogen-bond donors (Lipinski definition) is 2. The lowest BCUT2D eigenvalue weighted by Crippen LogP contribution is -2.37. The van der Waals surface area contributed by atoms with E-state index in [1.807, 2.05) is 112 Å². The molecule has 2 aromatic carbocycles. The van der Waals surface area contributed by atoms with Gasteiger partial charge in [0.05, 0.1) is 0 Å². The van der Waals surface area contributed by atoms with Gasteiger partial charge in [0.15, 0.2) is 0 Å². The van der Waals surface area contributed by atoms with Gasteiger partial charge in [-0.05, 0) is 78.6 Å².